The second kappa shape index (κ2) is 6.15. The minimum absolute atomic E-state index is 0.120. The van der Waals surface area contributed by atoms with E-state index in [2.05, 4.69) is 15.2 Å². The molecule has 27 heavy (non-hydrogen) atoms. The van der Waals surface area contributed by atoms with Gasteiger partial charge in [-0.2, -0.15) is 4.98 Å². The second-order valence-corrected chi connectivity index (χ2v) is 6.76. The zero-order valence-electron chi connectivity index (χ0n) is 14.3. The molecule has 7 nitrogen and oxygen atoms in total. The van der Waals surface area contributed by atoms with Crippen LogP contribution in [0.1, 0.15) is 42.0 Å². The van der Waals surface area contributed by atoms with Gasteiger partial charge in [-0.05, 0) is 48.6 Å². The van der Waals surface area contributed by atoms with Crippen LogP contribution in [0, 0.1) is 5.82 Å². The molecule has 1 aliphatic carbocycles. The van der Waals surface area contributed by atoms with Crippen molar-refractivity contribution in [3.05, 3.63) is 82.2 Å². The molecule has 0 bridgehead atoms. The van der Waals surface area contributed by atoms with Crippen LogP contribution in [-0.2, 0) is 6.54 Å². The van der Waals surface area contributed by atoms with Crippen molar-refractivity contribution in [2.75, 3.05) is 0 Å². The molecule has 136 valence electrons. The first-order valence-corrected chi connectivity index (χ1v) is 8.81. The molecule has 0 spiro atoms. The van der Waals surface area contributed by atoms with Crippen molar-refractivity contribution >= 4 is 5.65 Å². The van der Waals surface area contributed by atoms with Crippen molar-refractivity contribution in [3.63, 3.8) is 0 Å². The van der Waals surface area contributed by atoms with Gasteiger partial charge in [0.1, 0.15) is 12.4 Å². The smallest absolute Gasteiger partial charge is 0.339 e. The third kappa shape index (κ3) is 2.73. The lowest BCUT2D eigenvalue weighted by Gasteiger charge is -2.34. The van der Waals surface area contributed by atoms with Crippen LogP contribution in [0.4, 0.5) is 4.39 Å². The highest BCUT2D eigenvalue weighted by atomic mass is 19.1. The first kappa shape index (κ1) is 15.9. The van der Waals surface area contributed by atoms with Crippen molar-refractivity contribution in [1.29, 1.82) is 0 Å². The molecule has 0 aliphatic heterocycles. The van der Waals surface area contributed by atoms with Gasteiger partial charge >= 0.3 is 5.69 Å². The maximum atomic E-state index is 13.1. The van der Waals surface area contributed by atoms with Crippen LogP contribution in [0.5, 0.6) is 0 Å². The Kier molecular flexibility index (Phi) is 3.63. The Hall–Kier alpha value is -3.29. The molecule has 8 heteroatoms. The summed E-state index contributed by atoms with van der Waals surface area (Å²) < 4.78 is 21.4. The van der Waals surface area contributed by atoms with Gasteiger partial charge in [0.15, 0.2) is 11.5 Å². The third-order valence-electron chi connectivity index (χ3n) is 5.15. The van der Waals surface area contributed by atoms with Crippen LogP contribution in [0.3, 0.4) is 0 Å². The van der Waals surface area contributed by atoms with E-state index in [4.69, 9.17) is 4.52 Å². The lowest BCUT2D eigenvalue weighted by molar-refractivity contribution is 0.257. The molecule has 1 aromatic carbocycles. The molecule has 0 saturated heterocycles. The lowest BCUT2D eigenvalue weighted by Crippen LogP contribution is -2.23. The average molecular weight is 365 g/mol. The minimum Gasteiger partial charge on any atom is -0.339 e. The van der Waals surface area contributed by atoms with Gasteiger partial charge in [-0.15, -0.1) is 5.10 Å². The Labute approximate surface area is 153 Å². The average Bonchev–Trinajstić information content (AvgIpc) is 3.22. The Balaban J connectivity index is 1.37. The molecule has 2 atom stereocenters. The van der Waals surface area contributed by atoms with Crippen molar-refractivity contribution in [2.24, 2.45) is 0 Å². The summed E-state index contributed by atoms with van der Waals surface area (Å²) in [6.07, 6.45) is 3.61. The number of pyridine rings is 1. The largest absolute Gasteiger partial charge is 0.350 e. The highest BCUT2D eigenvalue weighted by Crippen LogP contribution is 2.48. The quantitative estimate of drug-likeness (QED) is 0.556. The minimum atomic E-state index is -0.246. The molecule has 3 heterocycles. The molecule has 1 fully saturated rings. The normalized spacial score (nSPS) is 19.3. The highest BCUT2D eigenvalue weighted by Gasteiger charge is 2.37. The summed E-state index contributed by atoms with van der Waals surface area (Å²) in [5, 5.41) is 8.29. The summed E-state index contributed by atoms with van der Waals surface area (Å²) in [6, 6.07) is 11.9. The van der Waals surface area contributed by atoms with Crippen LogP contribution in [-0.4, -0.2) is 24.3 Å². The molecular formula is C19H16FN5O2. The lowest BCUT2D eigenvalue weighted by atomic mass is 9.70. The monoisotopic (exact) mass is 365 g/mol. The molecule has 0 radical (unpaired) electrons. The summed E-state index contributed by atoms with van der Waals surface area (Å²) in [5.74, 6) is 1.10. The van der Waals surface area contributed by atoms with Crippen molar-refractivity contribution in [1.82, 2.24) is 24.3 Å². The first-order chi connectivity index (χ1) is 13.2. The molecule has 1 saturated carbocycles. The number of halogens is 1. The van der Waals surface area contributed by atoms with Gasteiger partial charge in [-0.25, -0.2) is 13.9 Å². The van der Waals surface area contributed by atoms with Gasteiger partial charge < -0.3 is 4.52 Å². The fraction of sp³-hybridized carbons (Fsp3) is 0.263. The number of hydrogen-bond donors (Lipinski definition) is 0. The molecule has 3 aromatic heterocycles. The summed E-state index contributed by atoms with van der Waals surface area (Å²) in [6.45, 7) is 0.151. The van der Waals surface area contributed by atoms with E-state index in [1.165, 1.54) is 21.2 Å². The van der Waals surface area contributed by atoms with Crippen LogP contribution < -0.4 is 5.69 Å². The van der Waals surface area contributed by atoms with Crippen molar-refractivity contribution in [3.8, 4) is 0 Å². The van der Waals surface area contributed by atoms with Gasteiger partial charge in [0.2, 0.25) is 5.89 Å². The number of benzene rings is 1. The third-order valence-corrected chi connectivity index (χ3v) is 5.15. The number of rotatable bonds is 4. The number of hydrogen-bond acceptors (Lipinski definition) is 5. The zero-order chi connectivity index (χ0) is 18.4. The van der Waals surface area contributed by atoms with Gasteiger partial charge in [0.25, 0.3) is 0 Å². The highest BCUT2D eigenvalue weighted by molar-refractivity contribution is 5.35. The van der Waals surface area contributed by atoms with Crippen LogP contribution in [0.15, 0.2) is 58.0 Å². The van der Waals surface area contributed by atoms with E-state index in [0.29, 0.717) is 17.4 Å². The summed E-state index contributed by atoms with van der Waals surface area (Å²) in [5.41, 5.74) is 1.40. The van der Waals surface area contributed by atoms with Crippen LogP contribution in [0.2, 0.25) is 0 Å². The Morgan fingerprint density at radius 1 is 1.11 bits per heavy atom. The van der Waals surface area contributed by atoms with E-state index >= 15 is 0 Å². The van der Waals surface area contributed by atoms with E-state index < -0.39 is 0 Å². The van der Waals surface area contributed by atoms with Crippen LogP contribution >= 0.6 is 0 Å². The molecule has 1 aliphatic rings. The fourth-order valence-corrected chi connectivity index (χ4v) is 3.59. The number of aromatic nitrogens is 5. The van der Waals surface area contributed by atoms with E-state index in [0.717, 1.165) is 18.4 Å². The zero-order valence-corrected chi connectivity index (χ0v) is 14.3. The molecule has 0 N–H and O–H groups in total. The van der Waals surface area contributed by atoms with E-state index in [1.54, 1.807) is 30.5 Å². The fourth-order valence-electron chi connectivity index (χ4n) is 3.59. The maximum absolute atomic E-state index is 13.1. The summed E-state index contributed by atoms with van der Waals surface area (Å²) in [4.78, 5) is 16.8. The Bertz CT molecular complexity index is 1160. The van der Waals surface area contributed by atoms with Gasteiger partial charge in [0, 0.05) is 12.1 Å². The summed E-state index contributed by atoms with van der Waals surface area (Å²) >= 11 is 0. The molecule has 5 rings (SSSR count). The predicted molar refractivity (Wildman–Crippen MR) is 94.0 cm³/mol. The van der Waals surface area contributed by atoms with Gasteiger partial charge in [0.05, 0.1) is 0 Å². The van der Waals surface area contributed by atoms with Crippen molar-refractivity contribution in [2.45, 2.75) is 31.2 Å². The van der Waals surface area contributed by atoms with E-state index in [-0.39, 0.29) is 29.9 Å². The van der Waals surface area contributed by atoms with E-state index in [9.17, 15) is 9.18 Å². The first-order valence-electron chi connectivity index (χ1n) is 8.81. The topological polar surface area (TPSA) is 78.2 Å². The van der Waals surface area contributed by atoms with Crippen LogP contribution in [0.25, 0.3) is 5.65 Å². The number of fused-ring (bicyclic) bond motifs is 1. The molecule has 0 amide bonds. The molecule has 4 aromatic rings. The Morgan fingerprint density at radius 2 is 1.93 bits per heavy atom. The van der Waals surface area contributed by atoms with E-state index in [1.807, 2.05) is 6.07 Å². The Morgan fingerprint density at radius 3 is 2.67 bits per heavy atom. The predicted octanol–water partition coefficient (Wildman–Crippen LogP) is 2.73. The van der Waals surface area contributed by atoms with Crippen molar-refractivity contribution < 1.29 is 8.91 Å². The molecule has 2 unspecified atom stereocenters. The maximum Gasteiger partial charge on any atom is 0.350 e. The summed E-state index contributed by atoms with van der Waals surface area (Å²) in [7, 11) is 0. The second-order valence-electron chi connectivity index (χ2n) is 6.76. The van der Waals surface area contributed by atoms with Gasteiger partial charge in [-0.3, -0.25) is 4.40 Å². The molecular weight excluding hydrogens is 349 g/mol. The number of nitrogens with zero attached hydrogens (tertiary/aromatic N) is 5. The SMILES string of the molecule is O=c1n(Cc2noc(C3CCC3c3ccc(F)cc3)n2)nc2ccccn12. The standard InChI is InChI=1S/C19H16FN5O2/c20-13-6-4-12(5-7-13)14-8-9-15(14)18-21-16(23-27-18)11-25-19(26)24-10-2-1-3-17(24)22-25/h1-7,10,14-15H,8-9,11H2. The van der Waals surface area contributed by atoms with Gasteiger partial charge in [-0.1, -0.05) is 23.4 Å².